The van der Waals surface area contributed by atoms with E-state index in [0.29, 0.717) is 25.0 Å². The van der Waals surface area contributed by atoms with Gasteiger partial charge < -0.3 is 4.74 Å². The van der Waals surface area contributed by atoms with E-state index in [0.717, 1.165) is 22.6 Å². The van der Waals surface area contributed by atoms with Crippen LogP contribution in [0.5, 0.6) is 0 Å². The van der Waals surface area contributed by atoms with Gasteiger partial charge in [-0.2, -0.15) is 17.0 Å². The molecule has 0 bridgehead atoms. The van der Waals surface area contributed by atoms with Gasteiger partial charge in [0.25, 0.3) is 0 Å². The molecule has 0 spiro atoms. The average Bonchev–Trinajstić information content (AvgIpc) is 3.23. The molecule has 0 fully saturated rings. The first-order valence-corrected chi connectivity index (χ1v) is 12.3. The lowest BCUT2D eigenvalue weighted by Crippen LogP contribution is -2.35. The molecule has 0 saturated carbocycles. The van der Waals surface area contributed by atoms with Crippen LogP contribution in [-0.2, 0) is 10.5 Å². The molecule has 1 atom stereocenters. The molecule has 174 valence electrons. The summed E-state index contributed by atoms with van der Waals surface area (Å²) in [4.78, 5) is 15.3. The van der Waals surface area contributed by atoms with Gasteiger partial charge in [0.05, 0.1) is 12.1 Å². The molecule has 4 rings (SSSR count). The van der Waals surface area contributed by atoms with E-state index in [2.05, 4.69) is 47.3 Å². The van der Waals surface area contributed by atoms with Crippen LogP contribution >= 0.6 is 11.8 Å². The van der Waals surface area contributed by atoms with Crippen LogP contribution in [0.3, 0.4) is 0 Å². The number of allylic oxidation sites excluding steroid dienone is 1. The van der Waals surface area contributed by atoms with Crippen LogP contribution in [-0.4, -0.2) is 46.2 Å². The van der Waals surface area contributed by atoms with Gasteiger partial charge in [0, 0.05) is 47.8 Å². The lowest BCUT2D eigenvalue weighted by atomic mass is 9.89. The van der Waals surface area contributed by atoms with E-state index in [-0.39, 0.29) is 11.5 Å². The van der Waals surface area contributed by atoms with E-state index in [1.807, 2.05) is 53.8 Å². The van der Waals surface area contributed by atoms with Gasteiger partial charge in [-0.05, 0) is 37.1 Å². The summed E-state index contributed by atoms with van der Waals surface area (Å²) in [6.07, 6.45) is 11.6. The number of aromatic nitrogens is 1. The van der Waals surface area contributed by atoms with Crippen molar-refractivity contribution >= 4 is 23.6 Å². The fourth-order valence-electron chi connectivity index (χ4n) is 3.68. The van der Waals surface area contributed by atoms with Crippen molar-refractivity contribution in [1.29, 1.82) is 5.26 Å². The van der Waals surface area contributed by atoms with Gasteiger partial charge in [-0.15, -0.1) is 0 Å². The molecule has 2 aliphatic heterocycles. The third-order valence-corrected chi connectivity index (χ3v) is 6.36. The largest absolute Gasteiger partial charge is 0.475 e. The van der Waals surface area contributed by atoms with Gasteiger partial charge in [0.15, 0.2) is 6.19 Å². The Morgan fingerprint density at radius 1 is 1.26 bits per heavy atom. The summed E-state index contributed by atoms with van der Waals surface area (Å²) in [5.41, 5.74) is 3.06. The quantitative estimate of drug-likeness (QED) is 0.211. The molecule has 0 aliphatic carbocycles. The van der Waals surface area contributed by atoms with Gasteiger partial charge in [-0.25, -0.2) is 4.99 Å². The maximum atomic E-state index is 9.32. The molecule has 0 saturated heterocycles. The molecular weight excluding hydrogens is 444 g/mol. The zero-order chi connectivity index (χ0) is 23.8. The van der Waals surface area contributed by atoms with E-state index in [1.54, 1.807) is 24.2 Å². The Morgan fingerprint density at radius 2 is 2.06 bits per heavy atom. The number of hydrogen-bond acceptors (Lipinski definition) is 6. The fraction of sp³-hybridized carbons (Fsp3) is 0.308. The maximum absolute atomic E-state index is 9.32. The number of pyridine rings is 1. The van der Waals surface area contributed by atoms with Gasteiger partial charge >= 0.3 is 0 Å². The number of hydrogen-bond donors (Lipinski definition) is 1. The topological polar surface area (TPSA) is 85.9 Å². The number of rotatable bonds is 7. The number of ether oxygens (including phenoxy) is 1. The molecule has 8 heteroatoms. The second-order valence-electron chi connectivity index (χ2n) is 8.59. The first kappa shape index (κ1) is 23.6. The van der Waals surface area contributed by atoms with Crippen LogP contribution in [0.25, 0.3) is 0 Å². The first-order chi connectivity index (χ1) is 16.6. The second-order valence-corrected chi connectivity index (χ2v) is 9.70. The molecule has 0 radical (unpaired) electrons. The first-order valence-electron chi connectivity index (χ1n) is 11.2. The van der Waals surface area contributed by atoms with E-state index in [9.17, 15) is 5.26 Å². The number of nitrogens with zero attached hydrogens (tertiary/aromatic N) is 5. The minimum Gasteiger partial charge on any atom is -0.475 e. The highest BCUT2D eigenvalue weighted by Crippen LogP contribution is 2.34. The number of thioether (sulfide) groups is 1. The molecule has 34 heavy (non-hydrogen) atoms. The zero-order valence-electron chi connectivity index (χ0n) is 19.4. The van der Waals surface area contributed by atoms with E-state index in [4.69, 9.17) is 9.73 Å². The number of guanidine groups is 1. The molecule has 3 heterocycles. The van der Waals surface area contributed by atoms with Crippen molar-refractivity contribution in [2.45, 2.75) is 31.1 Å². The lowest BCUT2D eigenvalue weighted by molar-refractivity contribution is 0.278. The Bertz CT molecular complexity index is 1130. The minimum absolute atomic E-state index is 0.00403. The van der Waals surface area contributed by atoms with Crippen LogP contribution in [0.1, 0.15) is 30.9 Å². The Hall–Kier alpha value is -3.57. The van der Waals surface area contributed by atoms with Gasteiger partial charge in [-0.1, -0.05) is 36.4 Å². The summed E-state index contributed by atoms with van der Waals surface area (Å²) in [5.74, 6) is 2.86. The molecule has 1 N–H and O–H groups in total. The third-order valence-electron chi connectivity index (χ3n) is 5.35. The second kappa shape index (κ2) is 11.0. The van der Waals surface area contributed by atoms with Crippen molar-refractivity contribution in [2.75, 3.05) is 18.9 Å². The van der Waals surface area contributed by atoms with E-state index in [1.165, 1.54) is 5.56 Å². The van der Waals surface area contributed by atoms with E-state index >= 15 is 0 Å². The highest BCUT2D eigenvalue weighted by atomic mass is 32.2. The number of nitrogens with one attached hydrogen (secondary N) is 1. The summed E-state index contributed by atoms with van der Waals surface area (Å²) < 4.78 is 5.99. The van der Waals surface area contributed by atoms with Gasteiger partial charge in [0.2, 0.25) is 11.9 Å². The van der Waals surface area contributed by atoms with Crippen LogP contribution in [0, 0.1) is 11.5 Å². The Labute approximate surface area is 205 Å². The highest BCUT2D eigenvalue weighted by Gasteiger charge is 2.33. The van der Waals surface area contributed by atoms with Gasteiger partial charge in [0.1, 0.15) is 6.61 Å². The predicted octanol–water partition coefficient (Wildman–Crippen LogP) is 4.45. The summed E-state index contributed by atoms with van der Waals surface area (Å²) in [7, 11) is 0. The number of aliphatic imine (C=N–C) groups is 2. The highest BCUT2D eigenvalue weighted by molar-refractivity contribution is 7.98. The Balaban J connectivity index is 1.51. The molecule has 7 nitrogen and oxygen atoms in total. The third kappa shape index (κ3) is 6.06. The van der Waals surface area contributed by atoms with Crippen molar-refractivity contribution < 1.29 is 4.74 Å². The minimum atomic E-state index is -0.267. The van der Waals surface area contributed by atoms with Crippen molar-refractivity contribution in [3.8, 4) is 6.19 Å². The lowest BCUT2D eigenvalue weighted by Gasteiger charge is -2.27. The summed E-state index contributed by atoms with van der Waals surface area (Å²) in [6.45, 7) is 5.24. The van der Waals surface area contributed by atoms with Crippen LogP contribution < -0.4 is 5.32 Å². The molecular formula is C26H28N6OS. The standard InChI is InChI=1S/C26H28N6OS/c1-26(2)18-33-24(31-26)23-16-32(14-10-22(23)21-6-4-3-5-7-21)25(30-19-27)29-13-15-34-17-20-8-11-28-12-9-20/h3-12,14,16,22H,13,15,17-18H2,1-2H3,(H,29,30). The van der Waals surface area contributed by atoms with E-state index < -0.39 is 0 Å². The SMILES string of the molecule is CC1(C)COC(C2=CN(C(=NCCSCc3ccncc3)NC#N)C=CC2c2ccccc2)=N1. The Morgan fingerprint density at radius 3 is 2.76 bits per heavy atom. The molecule has 1 unspecified atom stereocenters. The summed E-state index contributed by atoms with van der Waals surface area (Å²) in [5, 5.41) is 12.1. The predicted molar refractivity (Wildman–Crippen MR) is 137 cm³/mol. The molecule has 1 aromatic heterocycles. The number of nitriles is 1. The van der Waals surface area contributed by atoms with Crippen LogP contribution in [0.2, 0.25) is 0 Å². The summed E-state index contributed by atoms with van der Waals surface area (Å²) >= 11 is 1.79. The van der Waals surface area contributed by atoms with Crippen LogP contribution in [0.15, 0.2) is 88.9 Å². The van der Waals surface area contributed by atoms with Crippen molar-refractivity contribution in [2.24, 2.45) is 9.98 Å². The zero-order valence-corrected chi connectivity index (χ0v) is 20.2. The Kier molecular flexibility index (Phi) is 7.65. The number of benzene rings is 1. The fourth-order valence-corrected chi connectivity index (χ4v) is 4.47. The van der Waals surface area contributed by atoms with Gasteiger partial charge in [-0.3, -0.25) is 20.2 Å². The van der Waals surface area contributed by atoms with Crippen molar-refractivity contribution in [3.05, 3.63) is 90.0 Å². The summed E-state index contributed by atoms with van der Waals surface area (Å²) in [6, 6.07) is 14.3. The normalized spacial score (nSPS) is 19.1. The molecule has 1 aromatic carbocycles. The monoisotopic (exact) mass is 472 g/mol. The van der Waals surface area contributed by atoms with Crippen LogP contribution in [0.4, 0.5) is 0 Å². The van der Waals surface area contributed by atoms with Crippen molar-refractivity contribution in [1.82, 2.24) is 15.2 Å². The average molecular weight is 473 g/mol. The molecule has 2 aromatic rings. The maximum Gasteiger partial charge on any atom is 0.215 e. The molecule has 2 aliphatic rings. The smallest absolute Gasteiger partial charge is 0.215 e. The molecule has 0 amide bonds. The van der Waals surface area contributed by atoms with Crippen molar-refractivity contribution in [3.63, 3.8) is 0 Å².